The molecule has 0 radical (unpaired) electrons. The Balaban J connectivity index is 1.48. The summed E-state index contributed by atoms with van der Waals surface area (Å²) in [5, 5.41) is 10.1. The van der Waals surface area contributed by atoms with E-state index in [9.17, 15) is 4.39 Å². The first-order valence-electron chi connectivity index (χ1n) is 8.49. The summed E-state index contributed by atoms with van der Waals surface area (Å²) < 4.78 is 22.0. The van der Waals surface area contributed by atoms with Crippen molar-refractivity contribution in [2.24, 2.45) is 0 Å². The number of benzene rings is 2. The van der Waals surface area contributed by atoms with Gasteiger partial charge in [-0.2, -0.15) is 0 Å². The van der Waals surface area contributed by atoms with E-state index in [0.717, 1.165) is 33.9 Å². The molecule has 1 aliphatic rings. The molecule has 0 unspecified atom stereocenters. The molecule has 1 aliphatic carbocycles. The monoisotopic (exact) mass is 467 g/mol. The molecule has 4 nitrogen and oxygen atoms in total. The minimum absolute atomic E-state index is 0.254. The van der Waals surface area contributed by atoms with Crippen molar-refractivity contribution in [2.45, 2.75) is 36.4 Å². The van der Waals surface area contributed by atoms with Gasteiger partial charge in [0.05, 0.1) is 5.02 Å². The van der Waals surface area contributed by atoms with Crippen molar-refractivity contribution in [1.82, 2.24) is 14.8 Å². The fourth-order valence-corrected chi connectivity index (χ4v) is 4.58. The summed E-state index contributed by atoms with van der Waals surface area (Å²) in [6.45, 7) is 0.314. The van der Waals surface area contributed by atoms with Gasteiger partial charge in [0.1, 0.15) is 18.2 Å². The molecule has 0 saturated heterocycles. The SMILES string of the molecule is Fc1ccc(CSc2nnc(COc3ccccc3Cl)n2C2CC2)c(Br)c1. The maximum atomic E-state index is 13.3. The number of hydrogen-bond acceptors (Lipinski definition) is 4. The van der Waals surface area contributed by atoms with Crippen molar-refractivity contribution >= 4 is 39.3 Å². The third-order valence-corrected chi connectivity index (χ3v) is 6.25. The number of aromatic nitrogens is 3. The van der Waals surface area contributed by atoms with E-state index in [1.54, 1.807) is 23.9 Å². The van der Waals surface area contributed by atoms with E-state index in [4.69, 9.17) is 16.3 Å². The summed E-state index contributed by atoms with van der Waals surface area (Å²) in [4.78, 5) is 0. The standard InChI is InChI=1S/C19H16BrClFN3OS/c20-15-9-13(22)6-5-12(15)11-27-19-24-23-18(25(19)14-7-8-14)10-26-17-4-2-1-3-16(17)21/h1-6,9,14H,7-8,10-11H2. The number of hydrogen-bond donors (Lipinski definition) is 0. The molecule has 140 valence electrons. The molecule has 1 fully saturated rings. The minimum atomic E-state index is -0.254. The van der Waals surface area contributed by atoms with Crippen molar-refractivity contribution in [2.75, 3.05) is 0 Å². The zero-order valence-electron chi connectivity index (χ0n) is 14.2. The van der Waals surface area contributed by atoms with Crippen LogP contribution in [0.5, 0.6) is 5.75 Å². The lowest BCUT2D eigenvalue weighted by atomic mass is 10.2. The van der Waals surface area contributed by atoms with Gasteiger partial charge in [-0.1, -0.05) is 57.5 Å². The third kappa shape index (κ3) is 4.47. The second-order valence-corrected chi connectivity index (χ2v) is 8.45. The van der Waals surface area contributed by atoms with Crippen molar-refractivity contribution in [1.29, 1.82) is 0 Å². The van der Waals surface area contributed by atoms with Crippen LogP contribution in [0, 0.1) is 5.82 Å². The summed E-state index contributed by atoms with van der Waals surface area (Å²) in [5.74, 6) is 1.85. The molecule has 0 atom stereocenters. The van der Waals surface area contributed by atoms with Gasteiger partial charge >= 0.3 is 0 Å². The maximum absolute atomic E-state index is 13.3. The van der Waals surface area contributed by atoms with Crippen LogP contribution >= 0.6 is 39.3 Å². The van der Waals surface area contributed by atoms with Crippen LogP contribution in [0.25, 0.3) is 0 Å². The topological polar surface area (TPSA) is 39.9 Å². The van der Waals surface area contributed by atoms with Crippen molar-refractivity contribution in [3.63, 3.8) is 0 Å². The largest absolute Gasteiger partial charge is 0.484 e. The predicted molar refractivity (Wildman–Crippen MR) is 108 cm³/mol. The Hall–Kier alpha value is -1.57. The van der Waals surface area contributed by atoms with Crippen molar-refractivity contribution in [3.8, 4) is 5.75 Å². The van der Waals surface area contributed by atoms with Crippen LogP contribution in [0.15, 0.2) is 52.1 Å². The number of nitrogens with zero attached hydrogens (tertiary/aromatic N) is 3. The molecule has 0 N–H and O–H groups in total. The fraction of sp³-hybridized carbons (Fsp3) is 0.263. The second kappa shape index (κ2) is 8.20. The van der Waals surface area contributed by atoms with Gasteiger partial charge in [-0.25, -0.2) is 4.39 Å². The number of rotatable bonds is 7. The van der Waals surface area contributed by atoms with Gasteiger partial charge in [0.25, 0.3) is 0 Å². The average Bonchev–Trinajstić information content (AvgIpc) is 3.41. The van der Waals surface area contributed by atoms with Crippen LogP contribution in [0.4, 0.5) is 4.39 Å². The van der Waals surface area contributed by atoms with E-state index in [2.05, 4.69) is 30.7 Å². The molecule has 0 aliphatic heterocycles. The summed E-state index contributed by atoms with van der Waals surface area (Å²) in [6.07, 6.45) is 2.23. The number of thioether (sulfide) groups is 1. The minimum Gasteiger partial charge on any atom is -0.484 e. The van der Waals surface area contributed by atoms with E-state index in [-0.39, 0.29) is 5.82 Å². The van der Waals surface area contributed by atoms with Gasteiger partial charge in [-0.15, -0.1) is 10.2 Å². The first-order valence-corrected chi connectivity index (χ1v) is 10.7. The third-order valence-electron chi connectivity index (χ3n) is 4.21. The normalized spacial score (nSPS) is 13.7. The van der Waals surface area contributed by atoms with E-state index < -0.39 is 0 Å². The van der Waals surface area contributed by atoms with Crippen LogP contribution in [-0.4, -0.2) is 14.8 Å². The summed E-state index contributed by atoms with van der Waals surface area (Å²) in [7, 11) is 0. The quantitative estimate of drug-likeness (QED) is 0.396. The van der Waals surface area contributed by atoms with Gasteiger partial charge in [-0.05, 0) is 42.7 Å². The fourth-order valence-electron chi connectivity index (χ4n) is 2.69. The molecule has 3 aromatic rings. The molecule has 4 rings (SSSR count). The highest BCUT2D eigenvalue weighted by molar-refractivity contribution is 9.10. The molecule has 1 saturated carbocycles. The average molecular weight is 469 g/mol. The van der Waals surface area contributed by atoms with E-state index in [0.29, 0.717) is 29.2 Å². The van der Waals surface area contributed by atoms with Crippen LogP contribution in [0.1, 0.15) is 30.3 Å². The molecule has 0 bridgehead atoms. The number of halogens is 3. The summed E-state index contributed by atoms with van der Waals surface area (Å²) in [5.41, 5.74) is 1.01. The Morgan fingerprint density at radius 1 is 1.22 bits per heavy atom. The first kappa shape index (κ1) is 18.8. The van der Waals surface area contributed by atoms with Gasteiger partial charge in [-0.3, -0.25) is 4.57 Å². The lowest BCUT2D eigenvalue weighted by Gasteiger charge is -2.11. The number of para-hydroxylation sites is 1. The van der Waals surface area contributed by atoms with Gasteiger partial charge in [0.2, 0.25) is 0 Å². The second-order valence-electron chi connectivity index (χ2n) is 6.24. The Morgan fingerprint density at radius 3 is 2.78 bits per heavy atom. The van der Waals surface area contributed by atoms with Gasteiger partial charge < -0.3 is 4.74 Å². The lowest BCUT2D eigenvalue weighted by Crippen LogP contribution is -2.07. The van der Waals surface area contributed by atoms with Crippen molar-refractivity contribution < 1.29 is 9.13 Å². The molecule has 0 spiro atoms. The molecular weight excluding hydrogens is 453 g/mol. The summed E-state index contributed by atoms with van der Waals surface area (Å²) >= 11 is 11.2. The Labute approximate surface area is 174 Å². The smallest absolute Gasteiger partial charge is 0.191 e. The van der Waals surface area contributed by atoms with Gasteiger partial charge in [0.15, 0.2) is 11.0 Å². The highest BCUT2D eigenvalue weighted by atomic mass is 79.9. The molecule has 1 heterocycles. The van der Waals surface area contributed by atoms with Crippen LogP contribution < -0.4 is 4.74 Å². The summed E-state index contributed by atoms with van der Waals surface area (Å²) in [6, 6.07) is 12.5. The molecule has 1 aromatic heterocycles. The molecule has 2 aromatic carbocycles. The van der Waals surface area contributed by atoms with Crippen LogP contribution in [0.2, 0.25) is 5.02 Å². The Kier molecular flexibility index (Phi) is 5.71. The zero-order valence-corrected chi connectivity index (χ0v) is 17.4. The highest BCUT2D eigenvalue weighted by Gasteiger charge is 2.30. The van der Waals surface area contributed by atoms with E-state index >= 15 is 0 Å². The predicted octanol–water partition coefficient (Wildman–Crippen LogP) is 6.04. The van der Waals surface area contributed by atoms with E-state index in [1.807, 2.05) is 18.2 Å². The van der Waals surface area contributed by atoms with E-state index in [1.165, 1.54) is 12.1 Å². The Morgan fingerprint density at radius 2 is 2.04 bits per heavy atom. The van der Waals surface area contributed by atoms with Gasteiger partial charge in [0, 0.05) is 16.3 Å². The molecule has 0 amide bonds. The lowest BCUT2D eigenvalue weighted by molar-refractivity contribution is 0.288. The van der Waals surface area contributed by atoms with Crippen molar-refractivity contribution in [3.05, 3.63) is 69.2 Å². The molecular formula is C19H16BrClFN3OS. The molecule has 8 heteroatoms. The zero-order chi connectivity index (χ0) is 18.8. The van der Waals surface area contributed by atoms with Crippen LogP contribution in [0.3, 0.4) is 0 Å². The number of ether oxygens (including phenoxy) is 1. The molecule has 27 heavy (non-hydrogen) atoms. The maximum Gasteiger partial charge on any atom is 0.191 e. The highest BCUT2D eigenvalue weighted by Crippen LogP contribution is 2.40. The van der Waals surface area contributed by atoms with Crippen LogP contribution in [-0.2, 0) is 12.4 Å². The first-order chi connectivity index (χ1) is 13.1. The Bertz CT molecular complexity index is 964.